The van der Waals surface area contributed by atoms with E-state index < -0.39 is 34.9 Å². The van der Waals surface area contributed by atoms with Crippen molar-refractivity contribution in [2.45, 2.75) is 26.2 Å². The summed E-state index contributed by atoms with van der Waals surface area (Å²) in [5.74, 6) is 0. The zero-order chi connectivity index (χ0) is 37.3. The molecule has 7 aromatic rings. The van der Waals surface area contributed by atoms with E-state index in [1.165, 1.54) is 50.2 Å². The molecule has 12 heteroatoms. The standard InChI is InChI=1S/C40H18F6N4O2/c1-19-5-6-25(30(11-19)40(44,45)46)37-24-8-7-23-26(21-9-20(2)10-22(12-21)39(41,42)43)13-33-29(16-36(51-33)32(18-48)50-4)38(23)27(24)14-34-28(37)15-35(52-34)31(17-47)49-3/h5-16H,1-2H3/b35-31+,36-32+. The monoisotopic (exact) mass is 700 g/mol. The van der Waals surface area contributed by atoms with E-state index in [-0.39, 0.29) is 55.0 Å². The minimum atomic E-state index is -4.80. The Hall–Kier alpha value is -7.02. The lowest BCUT2D eigenvalue weighted by Gasteiger charge is -2.18. The molecule has 0 unspecified atom stereocenters. The third kappa shape index (κ3) is 5.35. The molecular formula is C40H18F6N4O2. The molecule has 2 aromatic heterocycles. The fourth-order valence-electron chi connectivity index (χ4n) is 6.65. The van der Waals surface area contributed by atoms with Crippen LogP contribution in [0.1, 0.15) is 22.3 Å². The van der Waals surface area contributed by atoms with Gasteiger partial charge in [-0.25, -0.2) is 20.2 Å². The highest BCUT2D eigenvalue weighted by molar-refractivity contribution is 6.27. The van der Waals surface area contributed by atoms with Crippen LogP contribution in [-0.2, 0) is 12.4 Å². The van der Waals surface area contributed by atoms with Crippen LogP contribution in [-0.4, -0.2) is 0 Å². The van der Waals surface area contributed by atoms with Gasteiger partial charge in [-0.2, -0.15) is 26.3 Å². The summed E-state index contributed by atoms with van der Waals surface area (Å²) < 4.78 is 98.0. The molecule has 0 spiro atoms. The molecule has 0 bridgehead atoms. The van der Waals surface area contributed by atoms with Crippen molar-refractivity contribution in [3.63, 3.8) is 0 Å². The van der Waals surface area contributed by atoms with Crippen LogP contribution in [0.5, 0.6) is 0 Å². The molecule has 0 saturated carbocycles. The van der Waals surface area contributed by atoms with E-state index in [9.17, 15) is 36.9 Å². The molecule has 7 rings (SSSR count). The van der Waals surface area contributed by atoms with Gasteiger partial charge in [0.1, 0.15) is 22.0 Å². The van der Waals surface area contributed by atoms with Crippen LogP contribution in [0.25, 0.3) is 86.8 Å². The summed E-state index contributed by atoms with van der Waals surface area (Å²) in [6.07, 6.45) is -9.48. The Morgan fingerprint density at radius 1 is 0.615 bits per heavy atom. The molecule has 0 aliphatic rings. The van der Waals surface area contributed by atoms with Gasteiger partial charge < -0.3 is 8.83 Å². The minimum absolute atomic E-state index is 0.0257. The molecule has 0 N–H and O–H groups in total. The summed E-state index contributed by atoms with van der Waals surface area (Å²) in [6.45, 7) is 17.9. The first kappa shape index (κ1) is 33.5. The summed E-state index contributed by atoms with van der Waals surface area (Å²) in [6, 6.07) is 19.8. The molecule has 0 saturated heterocycles. The van der Waals surface area contributed by atoms with E-state index in [4.69, 9.17) is 22.0 Å². The van der Waals surface area contributed by atoms with Crippen molar-refractivity contribution in [3.05, 3.63) is 129 Å². The van der Waals surface area contributed by atoms with Gasteiger partial charge in [-0.15, -0.1) is 0 Å². The van der Waals surface area contributed by atoms with Crippen molar-refractivity contribution in [1.82, 2.24) is 0 Å². The maximum absolute atomic E-state index is 14.7. The van der Waals surface area contributed by atoms with Crippen molar-refractivity contribution in [1.29, 1.82) is 10.5 Å². The Morgan fingerprint density at radius 2 is 1.23 bits per heavy atom. The van der Waals surface area contributed by atoms with Crippen LogP contribution >= 0.6 is 0 Å². The van der Waals surface area contributed by atoms with Crippen LogP contribution in [0.15, 0.2) is 81.6 Å². The molecule has 0 atom stereocenters. The third-order valence-corrected chi connectivity index (χ3v) is 8.78. The maximum Gasteiger partial charge on any atom is 0.417 e. The van der Waals surface area contributed by atoms with Crippen LogP contribution in [0.3, 0.4) is 0 Å². The topological polar surface area (TPSA) is 82.6 Å². The lowest BCUT2D eigenvalue weighted by molar-refractivity contribution is -0.138. The second kappa shape index (κ2) is 11.8. The van der Waals surface area contributed by atoms with E-state index in [0.717, 1.165) is 18.2 Å². The van der Waals surface area contributed by atoms with Crippen LogP contribution in [0, 0.1) is 49.7 Å². The van der Waals surface area contributed by atoms with Crippen LogP contribution < -0.4 is 10.8 Å². The van der Waals surface area contributed by atoms with Crippen molar-refractivity contribution in [2.75, 3.05) is 0 Å². The third-order valence-electron chi connectivity index (χ3n) is 8.78. The van der Waals surface area contributed by atoms with Crippen molar-refractivity contribution < 1.29 is 35.2 Å². The largest absolute Gasteiger partial charge is 0.467 e. The zero-order valence-corrected chi connectivity index (χ0v) is 26.8. The van der Waals surface area contributed by atoms with Gasteiger partial charge in [0.25, 0.3) is 0 Å². The molecule has 252 valence electrons. The predicted molar refractivity (Wildman–Crippen MR) is 182 cm³/mol. The Balaban J connectivity index is 1.77. The average Bonchev–Trinajstić information content (AvgIpc) is 3.71. The molecule has 0 fully saturated rings. The molecule has 0 amide bonds. The van der Waals surface area contributed by atoms with E-state index >= 15 is 0 Å². The first-order valence-corrected chi connectivity index (χ1v) is 15.2. The van der Waals surface area contributed by atoms with Crippen LogP contribution in [0.4, 0.5) is 26.3 Å². The quantitative estimate of drug-likeness (QED) is 0.102. The molecule has 0 aliphatic carbocycles. The summed E-state index contributed by atoms with van der Waals surface area (Å²) >= 11 is 0. The van der Waals surface area contributed by atoms with Crippen molar-refractivity contribution >= 4 is 54.9 Å². The normalized spacial score (nSPS) is 13.2. The van der Waals surface area contributed by atoms with E-state index in [2.05, 4.69) is 9.69 Å². The molecule has 5 aromatic carbocycles. The Bertz CT molecular complexity index is 2980. The van der Waals surface area contributed by atoms with Gasteiger partial charge in [-0.1, -0.05) is 35.9 Å². The number of halogens is 6. The van der Waals surface area contributed by atoms with Gasteiger partial charge in [0, 0.05) is 21.7 Å². The number of nitriles is 2. The molecule has 0 aliphatic heterocycles. The second-order valence-corrected chi connectivity index (χ2v) is 12.1. The highest BCUT2D eigenvalue weighted by atomic mass is 19.4. The number of hydrogen-bond donors (Lipinski definition) is 0. The van der Waals surface area contributed by atoms with Gasteiger partial charge in [0.15, 0.2) is 0 Å². The van der Waals surface area contributed by atoms with Crippen molar-refractivity contribution in [3.8, 4) is 34.4 Å². The van der Waals surface area contributed by atoms with E-state index in [1.54, 1.807) is 30.3 Å². The second-order valence-electron chi connectivity index (χ2n) is 12.1. The smallest absolute Gasteiger partial charge is 0.417 e. The number of nitrogens with zero attached hydrogens (tertiary/aromatic N) is 4. The zero-order valence-electron chi connectivity index (χ0n) is 26.8. The molecule has 52 heavy (non-hydrogen) atoms. The van der Waals surface area contributed by atoms with Gasteiger partial charge >= 0.3 is 23.7 Å². The first-order chi connectivity index (χ1) is 24.7. The molecule has 6 nitrogen and oxygen atoms in total. The van der Waals surface area contributed by atoms with Gasteiger partial charge in [0.2, 0.25) is 0 Å². The number of rotatable bonds is 2. The summed E-state index contributed by atoms with van der Waals surface area (Å²) in [5.41, 5.74) is -1.90. The van der Waals surface area contributed by atoms with Gasteiger partial charge in [-0.05, 0) is 94.7 Å². The number of alkyl halides is 6. The molecular weight excluding hydrogens is 682 g/mol. The van der Waals surface area contributed by atoms with Crippen LogP contribution in [0.2, 0.25) is 0 Å². The number of benzene rings is 5. The Kier molecular flexibility index (Phi) is 7.60. The van der Waals surface area contributed by atoms with Gasteiger partial charge in [-0.3, -0.25) is 0 Å². The van der Waals surface area contributed by atoms with Crippen molar-refractivity contribution in [2.24, 2.45) is 0 Å². The fourth-order valence-corrected chi connectivity index (χ4v) is 6.65. The molecule has 0 radical (unpaired) electrons. The first-order valence-electron chi connectivity index (χ1n) is 15.2. The number of furan rings is 2. The number of fused-ring (bicyclic) bond motifs is 6. The Morgan fingerprint density at radius 3 is 1.83 bits per heavy atom. The maximum atomic E-state index is 14.7. The summed E-state index contributed by atoms with van der Waals surface area (Å²) in [4.78, 5) is 6.43. The number of hydrogen-bond acceptors (Lipinski definition) is 4. The SMILES string of the molecule is [C-]#[N+]/C(C#N)=c1\cc2c(-c3ccc(C)cc3C(F)(F)F)c3ccc4c(-c5cc(C)cc(C(F)(F)F)c5)cc5o/c(=C(\C#N)[N+]#[C-])cc5c4c3cc2o1. The summed E-state index contributed by atoms with van der Waals surface area (Å²) in [7, 11) is 0. The highest BCUT2D eigenvalue weighted by Crippen LogP contribution is 2.47. The summed E-state index contributed by atoms with van der Waals surface area (Å²) in [5, 5.41) is 21.0. The fraction of sp³-hybridized carbons (Fsp3) is 0.100. The van der Waals surface area contributed by atoms with E-state index in [1.807, 2.05) is 0 Å². The lowest BCUT2D eigenvalue weighted by Crippen LogP contribution is -2.08. The average molecular weight is 701 g/mol. The number of aryl methyl sites for hydroxylation is 2. The minimum Gasteiger partial charge on any atom is -0.467 e. The van der Waals surface area contributed by atoms with Gasteiger partial charge in [0.05, 0.1) is 36.4 Å². The highest BCUT2D eigenvalue weighted by Gasteiger charge is 2.35. The predicted octanol–water partition coefficient (Wildman–Crippen LogP) is 10.6. The van der Waals surface area contributed by atoms with E-state index in [0.29, 0.717) is 32.7 Å². The Labute approximate surface area is 289 Å². The lowest BCUT2D eigenvalue weighted by atomic mass is 9.86. The molecule has 2 heterocycles.